The number of pyridine rings is 1. The number of unbranched alkanes of at least 4 members (excludes halogenated alkanes) is 2. The van der Waals surface area contributed by atoms with E-state index in [1.54, 1.807) is 13.2 Å². The molecule has 0 amide bonds. The second-order valence-corrected chi connectivity index (χ2v) is 4.24. The van der Waals surface area contributed by atoms with Gasteiger partial charge in [0.15, 0.2) is 5.96 Å². The zero-order valence-corrected chi connectivity index (χ0v) is 11.4. The first-order valence-electron chi connectivity index (χ1n) is 6.70. The summed E-state index contributed by atoms with van der Waals surface area (Å²) >= 11 is 0. The molecular weight excluding hydrogens is 224 g/mol. The third kappa shape index (κ3) is 6.23. The Balaban J connectivity index is 2.16. The third-order valence-corrected chi connectivity index (χ3v) is 2.73. The molecule has 1 aromatic rings. The Morgan fingerprint density at radius 3 is 2.78 bits per heavy atom. The van der Waals surface area contributed by atoms with E-state index in [1.165, 1.54) is 24.8 Å². The molecule has 4 heteroatoms. The van der Waals surface area contributed by atoms with Gasteiger partial charge in [-0.2, -0.15) is 0 Å². The van der Waals surface area contributed by atoms with Crippen LogP contribution in [0.15, 0.2) is 29.5 Å². The Bertz CT molecular complexity index is 335. The molecule has 0 aliphatic heterocycles. The largest absolute Gasteiger partial charge is 0.356 e. The molecule has 2 N–H and O–H groups in total. The highest BCUT2D eigenvalue weighted by atomic mass is 15.2. The SMILES string of the molecule is CCCCCNC(=NC)NCCc1cccnc1. The topological polar surface area (TPSA) is 49.3 Å². The fourth-order valence-electron chi connectivity index (χ4n) is 1.67. The summed E-state index contributed by atoms with van der Waals surface area (Å²) in [5.74, 6) is 0.884. The van der Waals surface area contributed by atoms with Crippen molar-refractivity contribution in [2.45, 2.75) is 32.6 Å². The number of guanidine groups is 1. The smallest absolute Gasteiger partial charge is 0.190 e. The first-order valence-corrected chi connectivity index (χ1v) is 6.70. The maximum absolute atomic E-state index is 4.20. The van der Waals surface area contributed by atoms with E-state index in [9.17, 15) is 0 Å². The average molecular weight is 248 g/mol. The van der Waals surface area contributed by atoms with E-state index >= 15 is 0 Å². The van der Waals surface area contributed by atoms with Gasteiger partial charge in [-0.3, -0.25) is 9.98 Å². The standard InChI is InChI=1S/C14H24N4/c1-3-4-5-10-17-14(15-2)18-11-8-13-7-6-9-16-12-13/h6-7,9,12H,3-5,8,10-11H2,1-2H3,(H2,15,17,18). The molecule has 18 heavy (non-hydrogen) atoms. The fraction of sp³-hybridized carbons (Fsp3) is 0.571. The van der Waals surface area contributed by atoms with E-state index in [4.69, 9.17) is 0 Å². The highest BCUT2D eigenvalue weighted by Crippen LogP contribution is 1.95. The lowest BCUT2D eigenvalue weighted by Gasteiger charge is -2.11. The lowest BCUT2D eigenvalue weighted by atomic mass is 10.2. The predicted octanol–water partition coefficient (Wildman–Crippen LogP) is 1.98. The van der Waals surface area contributed by atoms with Crippen molar-refractivity contribution in [2.24, 2.45) is 4.99 Å². The van der Waals surface area contributed by atoms with E-state index in [1.807, 2.05) is 12.3 Å². The van der Waals surface area contributed by atoms with Crippen molar-refractivity contribution in [1.29, 1.82) is 0 Å². The minimum Gasteiger partial charge on any atom is -0.356 e. The molecule has 0 spiro atoms. The maximum atomic E-state index is 4.20. The monoisotopic (exact) mass is 248 g/mol. The number of aliphatic imine (C=N–C) groups is 1. The molecule has 0 saturated heterocycles. The van der Waals surface area contributed by atoms with Crippen LogP contribution >= 0.6 is 0 Å². The van der Waals surface area contributed by atoms with Gasteiger partial charge < -0.3 is 10.6 Å². The van der Waals surface area contributed by atoms with Crippen LogP contribution in [0.1, 0.15) is 31.7 Å². The second kappa shape index (κ2) is 9.45. The van der Waals surface area contributed by atoms with Crippen LogP contribution in [0.2, 0.25) is 0 Å². The van der Waals surface area contributed by atoms with Gasteiger partial charge in [0.2, 0.25) is 0 Å². The van der Waals surface area contributed by atoms with Crippen molar-refractivity contribution in [3.8, 4) is 0 Å². The third-order valence-electron chi connectivity index (χ3n) is 2.73. The Morgan fingerprint density at radius 2 is 2.11 bits per heavy atom. The van der Waals surface area contributed by atoms with Gasteiger partial charge in [-0.15, -0.1) is 0 Å². The average Bonchev–Trinajstić information content (AvgIpc) is 2.42. The van der Waals surface area contributed by atoms with Gasteiger partial charge in [0.1, 0.15) is 0 Å². The van der Waals surface area contributed by atoms with E-state index in [0.717, 1.165) is 25.5 Å². The van der Waals surface area contributed by atoms with Gasteiger partial charge >= 0.3 is 0 Å². The van der Waals surface area contributed by atoms with Gasteiger partial charge in [-0.1, -0.05) is 25.8 Å². The van der Waals surface area contributed by atoms with E-state index < -0.39 is 0 Å². The number of hydrogen-bond acceptors (Lipinski definition) is 2. The van der Waals surface area contributed by atoms with Crippen LogP contribution in [-0.4, -0.2) is 31.1 Å². The summed E-state index contributed by atoms with van der Waals surface area (Å²) in [6, 6.07) is 4.05. The molecule has 0 bridgehead atoms. The maximum Gasteiger partial charge on any atom is 0.190 e. The summed E-state index contributed by atoms with van der Waals surface area (Å²) in [6.07, 6.45) is 8.36. The predicted molar refractivity (Wildman–Crippen MR) is 76.8 cm³/mol. The summed E-state index contributed by atoms with van der Waals surface area (Å²) < 4.78 is 0. The lowest BCUT2D eigenvalue weighted by Crippen LogP contribution is -2.38. The van der Waals surface area contributed by atoms with E-state index in [-0.39, 0.29) is 0 Å². The molecule has 0 aliphatic rings. The van der Waals surface area contributed by atoms with Gasteiger partial charge in [-0.25, -0.2) is 0 Å². The van der Waals surface area contributed by atoms with Crippen LogP contribution in [0.4, 0.5) is 0 Å². The molecular formula is C14H24N4. The van der Waals surface area contributed by atoms with Crippen molar-refractivity contribution in [3.05, 3.63) is 30.1 Å². The summed E-state index contributed by atoms with van der Waals surface area (Å²) in [5, 5.41) is 6.62. The van der Waals surface area contributed by atoms with Crippen LogP contribution in [-0.2, 0) is 6.42 Å². The number of aromatic nitrogens is 1. The fourth-order valence-corrected chi connectivity index (χ4v) is 1.67. The number of hydrogen-bond donors (Lipinski definition) is 2. The van der Waals surface area contributed by atoms with E-state index in [2.05, 4.69) is 33.6 Å². The summed E-state index contributed by atoms with van der Waals surface area (Å²) in [6.45, 7) is 4.07. The molecule has 0 unspecified atom stereocenters. The molecule has 0 aromatic carbocycles. The Hall–Kier alpha value is -1.58. The molecule has 1 aromatic heterocycles. The Kier molecular flexibility index (Phi) is 7.60. The molecule has 0 saturated carbocycles. The molecule has 0 fully saturated rings. The van der Waals surface area contributed by atoms with Gasteiger partial charge in [0.05, 0.1) is 0 Å². The van der Waals surface area contributed by atoms with Crippen LogP contribution in [0.5, 0.6) is 0 Å². The highest BCUT2D eigenvalue weighted by Gasteiger charge is 1.97. The van der Waals surface area contributed by atoms with Crippen molar-refractivity contribution in [1.82, 2.24) is 15.6 Å². The second-order valence-electron chi connectivity index (χ2n) is 4.24. The first kappa shape index (κ1) is 14.5. The quantitative estimate of drug-likeness (QED) is 0.441. The molecule has 0 atom stereocenters. The number of rotatable bonds is 7. The summed E-state index contributed by atoms with van der Waals surface area (Å²) in [7, 11) is 1.80. The molecule has 100 valence electrons. The number of nitrogens with one attached hydrogen (secondary N) is 2. The van der Waals surface area contributed by atoms with Crippen LogP contribution in [0.25, 0.3) is 0 Å². The van der Waals surface area contributed by atoms with E-state index in [0.29, 0.717) is 0 Å². The molecule has 1 heterocycles. The minimum absolute atomic E-state index is 0.874. The lowest BCUT2D eigenvalue weighted by molar-refractivity contribution is 0.682. The normalized spacial score (nSPS) is 11.3. The minimum atomic E-state index is 0.874. The van der Waals surface area contributed by atoms with Crippen LogP contribution in [0, 0.1) is 0 Å². The van der Waals surface area contributed by atoms with Crippen LogP contribution in [0.3, 0.4) is 0 Å². The summed E-state index contributed by atoms with van der Waals surface area (Å²) in [5.41, 5.74) is 1.24. The van der Waals surface area contributed by atoms with Crippen LogP contribution < -0.4 is 10.6 Å². The molecule has 0 aliphatic carbocycles. The summed E-state index contributed by atoms with van der Waals surface area (Å²) in [4.78, 5) is 8.29. The van der Waals surface area contributed by atoms with Gasteiger partial charge in [-0.05, 0) is 24.5 Å². The first-order chi connectivity index (χ1) is 8.86. The zero-order valence-electron chi connectivity index (χ0n) is 11.4. The van der Waals surface area contributed by atoms with Crippen molar-refractivity contribution in [3.63, 3.8) is 0 Å². The van der Waals surface area contributed by atoms with Crippen molar-refractivity contribution < 1.29 is 0 Å². The number of nitrogens with zero attached hydrogens (tertiary/aromatic N) is 2. The highest BCUT2D eigenvalue weighted by molar-refractivity contribution is 5.79. The van der Waals surface area contributed by atoms with Crippen molar-refractivity contribution >= 4 is 5.96 Å². The molecule has 1 rings (SSSR count). The zero-order chi connectivity index (χ0) is 13.1. The van der Waals surface area contributed by atoms with Crippen molar-refractivity contribution in [2.75, 3.05) is 20.1 Å². The van der Waals surface area contributed by atoms with Gasteiger partial charge in [0, 0.05) is 32.5 Å². The Morgan fingerprint density at radius 1 is 1.28 bits per heavy atom. The van der Waals surface area contributed by atoms with Gasteiger partial charge in [0.25, 0.3) is 0 Å². The molecule has 0 radical (unpaired) electrons. The Labute approximate surface area is 110 Å². The molecule has 4 nitrogen and oxygen atoms in total.